The molecule has 0 saturated carbocycles. The number of nitrogens with one attached hydrogen (secondary N) is 1. The Morgan fingerprint density at radius 2 is 1.79 bits per heavy atom. The van der Waals surface area contributed by atoms with Gasteiger partial charge in [-0.1, -0.05) is 12.1 Å². The molecular formula is C21H21N3O4. The number of esters is 1. The summed E-state index contributed by atoms with van der Waals surface area (Å²) >= 11 is 0. The smallest absolute Gasteiger partial charge is 0.307 e. The first-order valence-electron chi connectivity index (χ1n) is 8.70. The second kappa shape index (κ2) is 8.85. The van der Waals surface area contributed by atoms with E-state index in [9.17, 15) is 9.59 Å². The minimum absolute atomic E-state index is 0.0295. The molecule has 0 bridgehead atoms. The molecule has 7 nitrogen and oxygen atoms in total. The van der Waals surface area contributed by atoms with Crippen molar-refractivity contribution in [2.45, 2.75) is 12.5 Å². The topological polar surface area (TPSA) is 82.5 Å². The maximum Gasteiger partial charge on any atom is 0.307 e. The molecule has 0 aliphatic heterocycles. The molecule has 28 heavy (non-hydrogen) atoms. The van der Waals surface area contributed by atoms with Crippen LogP contribution < -0.4 is 10.1 Å². The SMILES string of the molecule is COC(=O)CC(NC(=O)c1ccc(-n2ccnc2)cc1)c1ccc(OC)cc1. The van der Waals surface area contributed by atoms with Gasteiger partial charge >= 0.3 is 5.97 Å². The van der Waals surface area contributed by atoms with Crippen molar-refractivity contribution in [3.8, 4) is 11.4 Å². The number of hydrogen-bond donors (Lipinski definition) is 1. The van der Waals surface area contributed by atoms with Gasteiger partial charge in [0.2, 0.25) is 0 Å². The summed E-state index contributed by atoms with van der Waals surface area (Å²) in [6, 6.07) is 13.8. The largest absolute Gasteiger partial charge is 0.497 e. The third-order valence-corrected chi connectivity index (χ3v) is 4.35. The normalized spacial score (nSPS) is 11.5. The van der Waals surface area contributed by atoms with Crippen LogP contribution in [0.3, 0.4) is 0 Å². The van der Waals surface area contributed by atoms with Gasteiger partial charge in [-0.15, -0.1) is 0 Å². The van der Waals surface area contributed by atoms with Gasteiger partial charge in [-0.3, -0.25) is 9.59 Å². The van der Waals surface area contributed by atoms with Gasteiger partial charge in [0, 0.05) is 23.6 Å². The van der Waals surface area contributed by atoms with Crippen LogP contribution in [0, 0.1) is 0 Å². The fourth-order valence-electron chi connectivity index (χ4n) is 2.78. The molecule has 1 aromatic heterocycles. The van der Waals surface area contributed by atoms with E-state index in [0.29, 0.717) is 11.3 Å². The monoisotopic (exact) mass is 379 g/mol. The van der Waals surface area contributed by atoms with Crippen molar-refractivity contribution in [3.63, 3.8) is 0 Å². The van der Waals surface area contributed by atoms with Crippen LogP contribution in [0.2, 0.25) is 0 Å². The lowest BCUT2D eigenvalue weighted by atomic mass is 10.0. The Labute approximate surface area is 162 Å². The molecule has 1 amide bonds. The number of rotatable bonds is 7. The standard InChI is InChI=1S/C21H21N3O4/c1-27-18-9-5-15(6-10-18)19(13-20(25)28-2)23-21(26)16-3-7-17(8-4-16)24-12-11-22-14-24/h3-12,14,19H,13H2,1-2H3,(H,23,26). The maximum atomic E-state index is 12.7. The van der Waals surface area contributed by atoms with E-state index in [2.05, 4.69) is 10.3 Å². The molecule has 2 aromatic carbocycles. The summed E-state index contributed by atoms with van der Waals surface area (Å²) in [5.74, 6) is 0.0143. The van der Waals surface area contributed by atoms with Gasteiger partial charge in [0.1, 0.15) is 5.75 Å². The van der Waals surface area contributed by atoms with Crippen molar-refractivity contribution in [1.29, 1.82) is 0 Å². The van der Waals surface area contributed by atoms with Gasteiger partial charge in [-0.25, -0.2) is 4.98 Å². The minimum atomic E-state index is -0.515. The van der Waals surface area contributed by atoms with E-state index in [4.69, 9.17) is 9.47 Å². The van der Waals surface area contributed by atoms with E-state index in [0.717, 1.165) is 11.3 Å². The number of benzene rings is 2. The second-order valence-electron chi connectivity index (χ2n) is 6.10. The highest BCUT2D eigenvalue weighted by molar-refractivity contribution is 5.94. The molecule has 3 rings (SSSR count). The van der Waals surface area contributed by atoms with Crippen molar-refractivity contribution in [3.05, 3.63) is 78.4 Å². The van der Waals surface area contributed by atoms with Crippen molar-refractivity contribution >= 4 is 11.9 Å². The van der Waals surface area contributed by atoms with E-state index in [1.165, 1.54) is 7.11 Å². The van der Waals surface area contributed by atoms with E-state index in [1.807, 2.05) is 35.0 Å². The fourth-order valence-corrected chi connectivity index (χ4v) is 2.78. The zero-order chi connectivity index (χ0) is 19.9. The lowest BCUT2D eigenvalue weighted by molar-refractivity contribution is -0.141. The van der Waals surface area contributed by atoms with Gasteiger partial charge in [-0.2, -0.15) is 0 Å². The first kappa shape index (κ1) is 19.2. The lowest BCUT2D eigenvalue weighted by Gasteiger charge is -2.19. The Morgan fingerprint density at radius 1 is 1.07 bits per heavy atom. The summed E-state index contributed by atoms with van der Waals surface area (Å²) in [5.41, 5.74) is 2.18. The summed E-state index contributed by atoms with van der Waals surface area (Å²) in [6.07, 6.45) is 5.23. The van der Waals surface area contributed by atoms with Crippen molar-refractivity contribution < 1.29 is 19.1 Å². The Balaban J connectivity index is 1.77. The Kier molecular flexibility index (Phi) is 6.06. The maximum absolute atomic E-state index is 12.7. The first-order chi connectivity index (χ1) is 13.6. The summed E-state index contributed by atoms with van der Waals surface area (Å²) in [6.45, 7) is 0. The number of aromatic nitrogens is 2. The molecule has 1 heterocycles. The summed E-state index contributed by atoms with van der Waals surface area (Å²) in [5, 5.41) is 2.91. The summed E-state index contributed by atoms with van der Waals surface area (Å²) in [4.78, 5) is 28.5. The van der Waals surface area contributed by atoms with Crippen LogP contribution in [0.25, 0.3) is 5.69 Å². The third kappa shape index (κ3) is 4.56. The number of hydrogen-bond acceptors (Lipinski definition) is 5. The predicted molar refractivity (Wildman–Crippen MR) is 103 cm³/mol. The Hall–Kier alpha value is -3.61. The molecule has 144 valence electrons. The van der Waals surface area contributed by atoms with E-state index in [-0.39, 0.29) is 12.3 Å². The highest BCUT2D eigenvalue weighted by Crippen LogP contribution is 2.21. The lowest BCUT2D eigenvalue weighted by Crippen LogP contribution is -2.30. The van der Waals surface area contributed by atoms with E-state index >= 15 is 0 Å². The van der Waals surface area contributed by atoms with Gasteiger partial charge < -0.3 is 19.4 Å². The molecule has 0 radical (unpaired) electrons. The molecule has 1 unspecified atom stereocenters. The molecule has 1 atom stereocenters. The van der Waals surface area contributed by atoms with Gasteiger partial charge in [0.05, 0.1) is 33.0 Å². The number of imidazole rings is 1. The number of methoxy groups -OCH3 is 2. The molecule has 0 fully saturated rings. The van der Waals surface area contributed by atoms with E-state index in [1.54, 1.807) is 43.9 Å². The van der Waals surface area contributed by atoms with E-state index < -0.39 is 12.0 Å². The summed E-state index contributed by atoms with van der Waals surface area (Å²) in [7, 11) is 2.90. The van der Waals surface area contributed by atoms with Crippen LogP contribution in [-0.4, -0.2) is 35.6 Å². The first-order valence-corrected chi connectivity index (χ1v) is 8.70. The van der Waals surface area contributed by atoms with Gasteiger partial charge in [-0.05, 0) is 42.0 Å². The van der Waals surface area contributed by atoms with Gasteiger partial charge in [0.15, 0.2) is 0 Å². The van der Waals surface area contributed by atoms with Gasteiger partial charge in [0.25, 0.3) is 5.91 Å². The molecule has 7 heteroatoms. The molecular weight excluding hydrogens is 358 g/mol. The van der Waals surface area contributed by atoms with Crippen LogP contribution in [0.4, 0.5) is 0 Å². The quantitative estimate of drug-likeness (QED) is 0.638. The molecule has 0 spiro atoms. The molecule has 3 aromatic rings. The highest BCUT2D eigenvalue weighted by Gasteiger charge is 2.20. The van der Waals surface area contributed by atoms with Crippen molar-refractivity contribution in [2.24, 2.45) is 0 Å². The Morgan fingerprint density at radius 3 is 2.36 bits per heavy atom. The van der Waals surface area contributed by atoms with Crippen LogP contribution in [0.5, 0.6) is 5.75 Å². The number of amides is 1. The summed E-state index contributed by atoms with van der Waals surface area (Å²) < 4.78 is 11.8. The molecule has 0 aliphatic carbocycles. The molecule has 0 saturated heterocycles. The van der Waals surface area contributed by atoms with Crippen LogP contribution in [0.1, 0.15) is 28.4 Å². The highest BCUT2D eigenvalue weighted by atomic mass is 16.5. The zero-order valence-electron chi connectivity index (χ0n) is 15.7. The molecule has 0 aliphatic rings. The second-order valence-corrected chi connectivity index (χ2v) is 6.10. The number of carbonyl (C=O) groups excluding carboxylic acids is 2. The Bertz CT molecular complexity index is 919. The number of nitrogens with zero attached hydrogens (tertiary/aromatic N) is 2. The average molecular weight is 379 g/mol. The zero-order valence-corrected chi connectivity index (χ0v) is 15.7. The van der Waals surface area contributed by atoms with Crippen LogP contribution in [0.15, 0.2) is 67.3 Å². The average Bonchev–Trinajstić information content (AvgIpc) is 3.28. The fraction of sp³-hybridized carbons (Fsp3) is 0.190. The molecule has 1 N–H and O–H groups in total. The third-order valence-electron chi connectivity index (χ3n) is 4.35. The predicted octanol–water partition coefficient (Wildman–Crippen LogP) is 2.92. The van der Waals surface area contributed by atoms with Crippen LogP contribution >= 0.6 is 0 Å². The number of carbonyl (C=O) groups is 2. The van der Waals surface area contributed by atoms with Crippen LogP contribution in [-0.2, 0) is 9.53 Å². The van der Waals surface area contributed by atoms with Crippen molar-refractivity contribution in [1.82, 2.24) is 14.9 Å². The minimum Gasteiger partial charge on any atom is -0.497 e. The van der Waals surface area contributed by atoms with Crippen molar-refractivity contribution in [2.75, 3.05) is 14.2 Å². The number of ether oxygens (including phenoxy) is 2.